The van der Waals surface area contributed by atoms with E-state index < -0.39 is 0 Å². The molecule has 118 valence electrons. The van der Waals surface area contributed by atoms with Crippen molar-refractivity contribution in [3.63, 3.8) is 0 Å². The second-order valence-corrected chi connectivity index (χ2v) is 5.81. The van der Waals surface area contributed by atoms with Crippen molar-refractivity contribution < 1.29 is 4.79 Å². The van der Waals surface area contributed by atoms with E-state index in [4.69, 9.17) is 0 Å². The maximum absolute atomic E-state index is 12.0. The van der Waals surface area contributed by atoms with Crippen LogP contribution < -0.4 is 5.32 Å². The van der Waals surface area contributed by atoms with Crippen LogP contribution in [-0.2, 0) is 31.4 Å². The highest BCUT2D eigenvalue weighted by atomic mass is 16.1. The Balaban J connectivity index is 1.83. The molecule has 0 aliphatic carbocycles. The van der Waals surface area contributed by atoms with Crippen molar-refractivity contribution in [3.05, 3.63) is 53.3 Å². The van der Waals surface area contributed by atoms with Gasteiger partial charge in [0.2, 0.25) is 5.91 Å². The molecule has 0 fully saturated rings. The minimum Gasteiger partial charge on any atom is -0.352 e. The maximum Gasteiger partial charge on any atom is 0.220 e. The van der Waals surface area contributed by atoms with E-state index in [1.54, 1.807) is 10.9 Å². The minimum absolute atomic E-state index is 0.0727. The van der Waals surface area contributed by atoms with Crippen LogP contribution in [0.2, 0.25) is 0 Å². The van der Waals surface area contributed by atoms with Crippen molar-refractivity contribution in [3.8, 4) is 0 Å². The minimum atomic E-state index is 0.0727. The molecule has 2 rings (SSSR count). The second kappa shape index (κ2) is 7.75. The zero-order valence-electron chi connectivity index (χ0n) is 13.5. The molecule has 0 aliphatic rings. The van der Waals surface area contributed by atoms with Crippen LogP contribution in [0.4, 0.5) is 0 Å². The molecule has 2 aromatic rings. The van der Waals surface area contributed by atoms with Gasteiger partial charge in [-0.1, -0.05) is 24.3 Å². The summed E-state index contributed by atoms with van der Waals surface area (Å²) < 4.78 is 1.75. The van der Waals surface area contributed by atoms with E-state index in [0.717, 1.165) is 18.5 Å². The van der Waals surface area contributed by atoms with Gasteiger partial charge in [-0.05, 0) is 37.2 Å². The number of aryl methyl sites for hydroxylation is 2. The number of rotatable bonds is 7. The molecule has 0 unspecified atom stereocenters. The summed E-state index contributed by atoms with van der Waals surface area (Å²) in [5.74, 6) is 0.0727. The molecule has 0 spiro atoms. The van der Waals surface area contributed by atoms with Crippen LogP contribution in [0.25, 0.3) is 0 Å². The first kappa shape index (κ1) is 16.2. The third kappa shape index (κ3) is 5.00. The van der Waals surface area contributed by atoms with Crippen LogP contribution in [0.3, 0.4) is 0 Å². The van der Waals surface area contributed by atoms with Gasteiger partial charge in [0.25, 0.3) is 0 Å². The van der Waals surface area contributed by atoms with Crippen LogP contribution >= 0.6 is 0 Å². The Kier molecular flexibility index (Phi) is 5.72. The summed E-state index contributed by atoms with van der Waals surface area (Å²) in [6, 6.07) is 8.22. The molecule has 1 N–H and O–H groups in total. The smallest absolute Gasteiger partial charge is 0.220 e. The van der Waals surface area contributed by atoms with E-state index in [1.165, 1.54) is 11.1 Å². The maximum atomic E-state index is 12.0. The van der Waals surface area contributed by atoms with Gasteiger partial charge in [0.15, 0.2) is 0 Å². The zero-order chi connectivity index (χ0) is 15.9. The van der Waals surface area contributed by atoms with Crippen molar-refractivity contribution in [2.24, 2.45) is 7.05 Å². The third-order valence-corrected chi connectivity index (χ3v) is 3.48. The standard InChI is InChI=1S/C17H24N4O/c1-20(2)13-16-7-5-4-6-15(16)11-18-17(22)9-8-14-10-19-21(3)12-14/h4-7,10,12H,8-9,11,13H2,1-3H3,(H,18,22). The predicted octanol–water partition coefficient (Wildman–Crippen LogP) is 1.73. The lowest BCUT2D eigenvalue weighted by Crippen LogP contribution is -2.24. The summed E-state index contributed by atoms with van der Waals surface area (Å²) >= 11 is 0. The quantitative estimate of drug-likeness (QED) is 0.847. The highest BCUT2D eigenvalue weighted by Gasteiger charge is 2.06. The highest BCUT2D eigenvalue weighted by Crippen LogP contribution is 2.10. The first-order valence-corrected chi connectivity index (χ1v) is 7.50. The molecule has 5 heteroatoms. The van der Waals surface area contributed by atoms with Crippen molar-refractivity contribution >= 4 is 5.91 Å². The first-order valence-electron chi connectivity index (χ1n) is 7.50. The van der Waals surface area contributed by atoms with E-state index in [9.17, 15) is 4.79 Å². The number of amides is 1. The lowest BCUT2D eigenvalue weighted by atomic mass is 10.1. The molecular formula is C17H24N4O. The van der Waals surface area contributed by atoms with Gasteiger partial charge in [0, 0.05) is 32.8 Å². The molecule has 0 aliphatic heterocycles. The Morgan fingerprint density at radius 3 is 2.64 bits per heavy atom. The Morgan fingerprint density at radius 1 is 1.27 bits per heavy atom. The van der Waals surface area contributed by atoms with Crippen LogP contribution in [-0.4, -0.2) is 34.7 Å². The van der Waals surface area contributed by atoms with E-state index >= 15 is 0 Å². The van der Waals surface area contributed by atoms with Gasteiger partial charge in [-0.15, -0.1) is 0 Å². The molecule has 1 aromatic heterocycles. The largest absolute Gasteiger partial charge is 0.352 e. The fourth-order valence-corrected chi connectivity index (χ4v) is 2.37. The van der Waals surface area contributed by atoms with Gasteiger partial charge in [0.1, 0.15) is 0 Å². The number of hydrogen-bond acceptors (Lipinski definition) is 3. The monoisotopic (exact) mass is 300 g/mol. The number of benzene rings is 1. The fraction of sp³-hybridized carbons (Fsp3) is 0.412. The first-order chi connectivity index (χ1) is 10.5. The molecule has 1 heterocycles. The fourth-order valence-electron chi connectivity index (χ4n) is 2.37. The van der Waals surface area contributed by atoms with Gasteiger partial charge >= 0.3 is 0 Å². The van der Waals surface area contributed by atoms with Crippen LogP contribution in [0.5, 0.6) is 0 Å². The Labute approximate surface area is 131 Å². The molecule has 0 saturated carbocycles. The summed E-state index contributed by atoms with van der Waals surface area (Å²) in [6.07, 6.45) is 4.96. The average Bonchev–Trinajstić information content (AvgIpc) is 2.89. The van der Waals surface area contributed by atoms with Crippen LogP contribution in [0.1, 0.15) is 23.1 Å². The van der Waals surface area contributed by atoms with E-state index in [0.29, 0.717) is 13.0 Å². The van der Waals surface area contributed by atoms with Gasteiger partial charge < -0.3 is 10.2 Å². The Bertz CT molecular complexity index is 619. The Hall–Kier alpha value is -2.14. The number of hydrogen-bond donors (Lipinski definition) is 1. The van der Waals surface area contributed by atoms with E-state index in [-0.39, 0.29) is 5.91 Å². The van der Waals surface area contributed by atoms with Crippen LogP contribution in [0, 0.1) is 0 Å². The van der Waals surface area contributed by atoms with Gasteiger partial charge in [-0.2, -0.15) is 5.10 Å². The van der Waals surface area contributed by atoms with E-state index in [1.807, 2.05) is 39.5 Å². The number of carbonyl (C=O) groups excluding carboxylic acids is 1. The zero-order valence-corrected chi connectivity index (χ0v) is 13.5. The molecular weight excluding hydrogens is 276 g/mol. The van der Waals surface area contributed by atoms with Crippen molar-refractivity contribution in [1.82, 2.24) is 20.0 Å². The summed E-state index contributed by atoms with van der Waals surface area (Å²) in [5, 5.41) is 7.11. The second-order valence-electron chi connectivity index (χ2n) is 5.81. The molecule has 22 heavy (non-hydrogen) atoms. The van der Waals surface area contributed by atoms with Gasteiger partial charge in [-0.3, -0.25) is 9.48 Å². The number of carbonyl (C=O) groups is 1. The Morgan fingerprint density at radius 2 is 2.00 bits per heavy atom. The van der Waals surface area contributed by atoms with E-state index in [2.05, 4.69) is 27.4 Å². The number of nitrogens with one attached hydrogen (secondary N) is 1. The normalized spacial score (nSPS) is 10.9. The summed E-state index contributed by atoms with van der Waals surface area (Å²) in [7, 11) is 5.97. The average molecular weight is 300 g/mol. The lowest BCUT2D eigenvalue weighted by Gasteiger charge is -2.14. The number of aromatic nitrogens is 2. The third-order valence-electron chi connectivity index (χ3n) is 3.48. The molecule has 0 bridgehead atoms. The van der Waals surface area contributed by atoms with Crippen molar-refractivity contribution in [2.45, 2.75) is 25.9 Å². The highest BCUT2D eigenvalue weighted by molar-refractivity contribution is 5.76. The summed E-state index contributed by atoms with van der Waals surface area (Å²) in [6.45, 7) is 1.46. The molecule has 0 atom stereocenters. The molecule has 5 nitrogen and oxygen atoms in total. The lowest BCUT2D eigenvalue weighted by molar-refractivity contribution is -0.121. The molecule has 1 aromatic carbocycles. The topological polar surface area (TPSA) is 50.2 Å². The number of nitrogens with zero attached hydrogens (tertiary/aromatic N) is 3. The predicted molar refractivity (Wildman–Crippen MR) is 87.2 cm³/mol. The van der Waals surface area contributed by atoms with Crippen molar-refractivity contribution in [2.75, 3.05) is 14.1 Å². The molecule has 1 amide bonds. The summed E-state index contributed by atoms with van der Waals surface area (Å²) in [4.78, 5) is 14.1. The van der Waals surface area contributed by atoms with Gasteiger partial charge in [-0.25, -0.2) is 0 Å². The molecule has 0 saturated heterocycles. The summed E-state index contributed by atoms with van der Waals surface area (Å²) in [5.41, 5.74) is 3.51. The SMILES string of the molecule is CN(C)Cc1ccccc1CNC(=O)CCc1cnn(C)c1. The van der Waals surface area contributed by atoms with Crippen molar-refractivity contribution in [1.29, 1.82) is 0 Å². The molecule has 0 radical (unpaired) electrons. The van der Waals surface area contributed by atoms with Crippen LogP contribution in [0.15, 0.2) is 36.7 Å². The van der Waals surface area contributed by atoms with Gasteiger partial charge in [0.05, 0.1) is 6.20 Å².